The molecule has 3 nitrogen and oxygen atoms in total. The minimum Gasteiger partial charge on any atom is -0.410 e. The summed E-state index contributed by atoms with van der Waals surface area (Å²) in [4.78, 5) is 0. The first-order valence-corrected chi connectivity index (χ1v) is 19.3. The highest BCUT2D eigenvalue weighted by Gasteiger charge is 2.54. The van der Waals surface area contributed by atoms with E-state index in [4.69, 9.17) is 12.3 Å². The Bertz CT molecular complexity index is 469. The Morgan fingerprint density at radius 3 is 1.42 bits per heavy atom. The lowest BCUT2D eigenvalue weighted by Gasteiger charge is -2.43. The number of rotatable bonds is 10. The second kappa shape index (κ2) is 7.94. The molecule has 0 aromatic heterocycles. The molecule has 0 radical (unpaired) electrons. The fraction of sp³-hybridized carbons (Fsp3) is 0.529. The normalized spacial score (nSPS) is 16.7. The molecule has 1 aliphatic rings. The maximum atomic E-state index is 6.75. The molecule has 0 amide bonds. The quantitative estimate of drug-likeness (QED) is 0.460. The van der Waals surface area contributed by atoms with Gasteiger partial charge in [0.2, 0.25) is 25.0 Å². The van der Waals surface area contributed by atoms with E-state index >= 15 is 0 Å². The largest absolute Gasteiger partial charge is 0.501 e. The number of hydrogen-bond acceptors (Lipinski definition) is 3. The van der Waals surface area contributed by atoms with Gasteiger partial charge in [0.15, 0.2) is 0 Å². The fourth-order valence-electron chi connectivity index (χ4n) is 2.37. The van der Waals surface area contributed by atoms with Crippen molar-refractivity contribution in [2.45, 2.75) is 58.5 Å². The van der Waals surface area contributed by atoms with Crippen molar-refractivity contribution < 1.29 is 12.3 Å². The molecule has 0 N–H and O–H groups in total. The maximum Gasteiger partial charge on any atom is 0.501 e. The van der Waals surface area contributed by atoms with Crippen molar-refractivity contribution >= 4 is 33.8 Å². The van der Waals surface area contributed by atoms with Crippen LogP contribution in [0.1, 0.15) is 19.3 Å². The van der Waals surface area contributed by atoms with Crippen molar-refractivity contribution in [3.05, 3.63) is 48.1 Å². The predicted molar refractivity (Wildman–Crippen MR) is 114 cm³/mol. The van der Waals surface area contributed by atoms with Gasteiger partial charge in [-0.15, -0.1) is 19.7 Å². The minimum absolute atomic E-state index is 0.997. The van der Waals surface area contributed by atoms with Crippen LogP contribution in [0.15, 0.2) is 48.1 Å². The van der Waals surface area contributed by atoms with Gasteiger partial charge in [-0.3, -0.25) is 0 Å². The Kier molecular flexibility index (Phi) is 7.20. The molecule has 0 unspecified atom stereocenters. The summed E-state index contributed by atoms with van der Waals surface area (Å²) < 4.78 is 20.3. The smallest absolute Gasteiger partial charge is 0.410 e. The summed E-state index contributed by atoms with van der Waals surface area (Å²) in [5, 5.41) is 1.25. The predicted octanol–water partition coefficient (Wildman–Crippen LogP) is 5.42. The third-order valence-corrected chi connectivity index (χ3v) is 17.8. The van der Waals surface area contributed by atoms with E-state index in [1.807, 2.05) is 17.1 Å². The molecule has 0 atom stereocenters. The summed E-state index contributed by atoms with van der Waals surface area (Å²) in [6.45, 7) is 24.8. The third-order valence-electron chi connectivity index (χ3n) is 4.10. The molecule has 0 fully saturated rings. The highest BCUT2D eigenvalue weighted by molar-refractivity contribution is 6.96. The van der Waals surface area contributed by atoms with E-state index in [9.17, 15) is 0 Å². The number of allylic oxidation sites excluding steroid dienone is 2. The van der Waals surface area contributed by atoms with Gasteiger partial charge < -0.3 is 12.3 Å². The molecule has 24 heavy (non-hydrogen) atoms. The molecule has 0 bridgehead atoms. The summed E-state index contributed by atoms with van der Waals surface area (Å²) in [6, 6.07) is 0. The van der Waals surface area contributed by atoms with Gasteiger partial charge in [0.25, 0.3) is 0 Å². The Balaban J connectivity index is 3.43. The van der Waals surface area contributed by atoms with E-state index in [2.05, 4.69) is 65.1 Å². The van der Waals surface area contributed by atoms with E-state index in [1.165, 1.54) is 5.20 Å². The average Bonchev–Trinajstić information content (AvgIpc) is 3.01. The van der Waals surface area contributed by atoms with Gasteiger partial charge in [0, 0.05) is 0 Å². The molecular formula is C17H34O3Si4. The van der Waals surface area contributed by atoms with Crippen molar-refractivity contribution in [2.24, 2.45) is 0 Å². The van der Waals surface area contributed by atoms with Crippen LogP contribution in [0.25, 0.3) is 0 Å². The molecule has 0 aromatic rings. The van der Waals surface area contributed by atoms with Gasteiger partial charge in [-0.25, -0.2) is 0 Å². The van der Waals surface area contributed by atoms with Gasteiger partial charge >= 0.3 is 8.80 Å². The van der Waals surface area contributed by atoms with Crippen LogP contribution in [0.4, 0.5) is 0 Å². The van der Waals surface area contributed by atoms with Crippen LogP contribution in [0.2, 0.25) is 39.3 Å². The molecule has 0 aliphatic heterocycles. The topological polar surface area (TPSA) is 27.7 Å². The summed E-state index contributed by atoms with van der Waals surface area (Å²) in [6.07, 6.45) is 5.49. The van der Waals surface area contributed by atoms with E-state index in [1.54, 1.807) is 0 Å². The molecule has 0 heterocycles. The maximum absolute atomic E-state index is 6.75. The van der Waals surface area contributed by atoms with Gasteiger partial charge in [-0.2, -0.15) is 0 Å². The zero-order chi connectivity index (χ0) is 18.6. The number of hydrogen-bond donors (Lipinski definition) is 0. The first-order chi connectivity index (χ1) is 10.9. The van der Waals surface area contributed by atoms with Crippen LogP contribution in [-0.4, -0.2) is 33.8 Å². The van der Waals surface area contributed by atoms with Crippen molar-refractivity contribution in [2.75, 3.05) is 0 Å². The lowest BCUT2D eigenvalue weighted by atomic mass is 10.4. The summed E-state index contributed by atoms with van der Waals surface area (Å²) in [7, 11) is -9.28. The SMILES string of the molecule is C=C[Si](C)(C)O[Si](O[Si](C)(C)C=C)(O[Si](C)(C)C=C)C1=CCCC1. The van der Waals surface area contributed by atoms with Gasteiger partial charge in [-0.05, 0) is 63.7 Å². The molecule has 136 valence electrons. The monoisotopic (exact) mass is 398 g/mol. The van der Waals surface area contributed by atoms with E-state index < -0.39 is 33.8 Å². The second-order valence-corrected chi connectivity index (χ2v) is 23.0. The minimum atomic E-state index is -3.00. The van der Waals surface area contributed by atoms with Crippen LogP contribution in [0, 0.1) is 0 Å². The summed E-state index contributed by atoms with van der Waals surface area (Å²) >= 11 is 0. The Labute approximate surface area is 152 Å². The molecule has 0 spiro atoms. The van der Waals surface area contributed by atoms with Crippen LogP contribution < -0.4 is 0 Å². The van der Waals surface area contributed by atoms with Crippen LogP contribution in [-0.2, 0) is 12.3 Å². The van der Waals surface area contributed by atoms with Crippen LogP contribution in [0.5, 0.6) is 0 Å². The fourth-order valence-corrected chi connectivity index (χ4v) is 15.8. The molecule has 0 saturated heterocycles. The lowest BCUT2D eigenvalue weighted by Crippen LogP contribution is -2.62. The van der Waals surface area contributed by atoms with Crippen molar-refractivity contribution in [1.29, 1.82) is 0 Å². The van der Waals surface area contributed by atoms with E-state index in [0.717, 1.165) is 19.3 Å². The molecule has 1 rings (SSSR count). The Morgan fingerprint density at radius 2 is 1.17 bits per heavy atom. The molecule has 0 saturated carbocycles. The van der Waals surface area contributed by atoms with Crippen LogP contribution >= 0.6 is 0 Å². The molecular weight excluding hydrogens is 365 g/mol. The van der Waals surface area contributed by atoms with Gasteiger partial charge in [-0.1, -0.05) is 23.2 Å². The third kappa shape index (κ3) is 5.90. The zero-order valence-electron chi connectivity index (χ0n) is 16.3. The van der Waals surface area contributed by atoms with E-state index in [-0.39, 0.29) is 0 Å². The zero-order valence-corrected chi connectivity index (χ0v) is 20.3. The molecule has 1 aliphatic carbocycles. The second-order valence-electron chi connectivity index (χ2n) is 7.91. The molecule has 0 aromatic carbocycles. The lowest BCUT2D eigenvalue weighted by molar-refractivity contribution is 0.268. The van der Waals surface area contributed by atoms with Gasteiger partial charge in [0.1, 0.15) is 0 Å². The van der Waals surface area contributed by atoms with Gasteiger partial charge in [0.05, 0.1) is 0 Å². The Hall–Kier alpha value is -0.292. The average molecular weight is 399 g/mol. The first-order valence-electron chi connectivity index (χ1n) is 8.62. The summed E-state index contributed by atoms with van der Waals surface area (Å²) in [5.74, 6) is 0. The van der Waals surface area contributed by atoms with Crippen LogP contribution in [0.3, 0.4) is 0 Å². The highest BCUT2D eigenvalue weighted by Crippen LogP contribution is 2.36. The molecule has 7 heteroatoms. The summed E-state index contributed by atoms with van der Waals surface area (Å²) in [5.41, 5.74) is 5.88. The van der Waals surface area contributed by atoms with Crippen molar-refractivity contribution in [3.63, 3.8) is 0 Å². The highest BCUT2D eigenvalue weighted by atomic mass is 28.5. The van der Waals surface area contributed by atoms with E-state index in [0.29, 0.717) is 0 Å². The first kappa shape index (κ1) is 21.7. The van der Waals surface area contributed by atoms with Crippen molar-refractivity contribution in [1.82, 2.24) is 0 Å². The Morgan fingerprint density at radius 1 is 0.792 bits per heavy atom. The van der Waals surface area contributed by atoms with Crippen molar-refractivity contribution in [3.8, 4) is 0 Å². The standard InChI is InChI=1S/C17H34O3Si4/c1-10-21(4,5)18-24(17-15-13-14-16-17,19-22(6,7)11-2)20-23(8,9)12-3/h10-12,15H,1-3,13-14,16H2,4-9H3.